The molecule has 29 heavy (non-hydrogen) atoms. The molecule has 1 aromatic carbocycles. The van der Waals surface area contributed by atoms with Gasteiger partial charge in [-0.05, 0) is 30.3 Å². The first-order valence-corrected chi connectivity index (χ1v) is 8.79. The fourth-order valence-electron chi connectivity index (χ4n) is 2.64. The summed E-state index contributed by atoms with van der Waals surface area (Å²) in [4.78, 5) is 24.9. The second-order valence-electron chi connectivity index (χ2n) is 6.08. The molecule has 0 saturated carbocycles. The monoisotopic (exact) mass is 389 g/mol. The highest BCUT2D eigenvalue weighted by Gasteiger charge is 2.11. The first-order valence-electron chi connectivity index (χ1n) is 8.79. The predicted molar refractivity (Wildman–Crippen MR) is 103 cm³/mol. The summed E-state index contributed by atoms with van der Waals surface area (Å²) in [6, 6.07) is 12.7. The lowest BCUT2D eigenvalue weighted by molar-refractivity contribution is 0.0950. The van der Waals surface area contributed by atoms with Crippen molar-refractivity contribution in [3.63, 3.8) is 0 Å². The number of carbonyl (C=O) groups is 1. The molecule has 0 aliphatic heterocycles. The van der Waals surface area contributed by atoms with Crippen molar-refractivity contribution in [2.45, 2.75) is 6.54 Å². The van der Waals surface area contributed by atoms with Crippen LogP contribution < -0.4 is 10.1 Å². The summed E-state index contributed by atoms with van der Waals surface area (Å²) in [5.74, 6) is 0.606. The molecule has 144 valence electrons. The van der Waals surface area contributed by atoms with Crippen LogP contribution in [-0.4, -0.2) is 25.4 Å². The van der Waals surface area contributed by atoms with E-state index in [0.717, 1.165) is 0 Å². The number of hydrogen-bond acceptors (Lipinski definition) is 5. The number of hydrogen-bond donors (Lipinski definition) is 1. The molecule has 4 aromatic rings. The molecule has 0 fully saturated rings. The number of aromatic nitrogens is 4. The Labute approximate surface area is 165 Å². The standard InChI is InChI=1S/C21H16FN5O2/c22-17-4-1-5-18(11-17)29-21-16(3-2-8-24-21)13-26-20(28)15-6-7-19(25-12-15)27-10-9-23-14-27/h1-12,14H,13H2,(H,26,28). The molecule has 0 aliphatic carbocycles. The van der Waals surface area contributed by atoms with E-state index in [-0.39, 0.29) is 12.5 Å². The lowest BCUT2D eigenvalue weighted by Gasteiger charge is -2.11. The van der Waals surface area contributed by atoms with Crippen molar-refractivity contribution in [3.8, 4) is 17.4 Å². The first-order chi connectivity index (χ1) is 14.2. The van der Waals surface area contributed by atoms with E-state index in [0.29, 0.717) is 28.6 Å². The Morgan fingerprint density at radius 1 is 1.10 bits per heavy atom. The van der Waals surface area contributed by atoms with Crippen LogP contribution in [-0.2, 0) is 6.54 Å². The average molecular weight is 389 g/mol. The highest BCUT2D eigenvalue weighted by Crippen LogP contribution is 2.23. The van der Waals surface area contributed by atoms with Gasteiger partial charge in [-0.25, -0.2) is 19.3 Å². The summed E-state index contributed by atoms with van der Waals surface area (Å²) in [6.45, 7) is 0.195. The van der Waals surface area contributed by atoms with Crippen LogP contribution in [0.2, 0.25) is 0 Å². The molecule has 0 radical (unpaired) electrons. The topological polar surface area (TPSA) is 81.9 Å². The van der Waals surface area contributed by atoms with E-state index in [1.807, 2.05) is 0 Å². The molecule has 4 rings (SSSR count). The Morgan fingerprint density at radius 3 is 2.79 bits per heavy atom. The first kappa shape index (κ1) is 18.3. The SMILES string of the molecule is O=C(NCc1cccnc1Oc1cccc(F)c1)c1ccc(-n2ccnc2)nc1. The van der Waals surface area contributed by atoms with E-state index in [1.54, 1.807) is 65.9 Å². The van der Waals surface area contributed by atoms with Crippen molar-refractivity contribution in [3.05, 3.63) is 96.6 Å². The quantitative estimate of drug-likeness (QED) is 0.546. The zero-order chi connectivity index (χ0) is 20.1. The molecular formula is C21H16FN5O2. The van der Waals surface area contributed by atoms with Gasteiger partial charge in [-0.2, -0.15) is 0 Å². The smallest absolute Gasteiger partial charge is 0.253 e. The van der Waals surface area contributed by atoms with Gasteiger partial charge in [-0.15, -0.1) is 0 Å². The number of carbonyl (C=O) groups excluding carboxylic acids is 1. The number of nitrogens with zero attached hydrogens (tertiary/aromatic N) is 4. The van der Waals surface area contributed by atoms with Crippen LogP contribution in [0.3, 0.4) is 0 Å². The fourth-order valence-corrected chi connectivity index (χ4v) is 2.64. The van der Waals surface area contributed by atoms with Gasteiger partial charge in [0.15, 0.2) is 0 Å². The minimum Gasteiger partial charge on any atom is -0.439 e. The number of imidazole rings is 1. The zero-order valence-electron chi connectivity index (χ0n) is 15.2. The highest BCUT2D eigenvalue weighted by atomic mass is 19.1. The number of rotatable bonds is 6. The van der Waals surface area contributed by atoms with Crippen LogP contribution >= 0.6 is 0 Å². The molecule has 0 atom stereocenters. The van der Waals surface area contributed by atoms with Crippen molar-refractivity contribution < 1.29 is 13.9 Å². The van der Waals surface area contributed by atoms with Crippen LogP contribution in [0.25, 0.3) is 5.82 Å². The van der Waals surface area contributed by atoms with Crippen molar-refractivity contribution in [2.75, 3.05) is 0 Å². The van der Waals surface area contributed by atoms with Crippen LogP contribution in [0.15, 0.2) is 79.6 Å². The summed E-state index contributed by atoms with van der Waals surface area (Å²) in [5, 5.41) is 2.81. The number of ether oxygens (including phenoxy) is 1. The second-order valence-corrected chi connectivity index (χ2v) is 6.08. The lowest BCUT2D eigenvalue weighted by Crippen LogP contribution is -2.23. The van der Waals surface area contributed by atoms with Gasteiger partial charge in [0.25, 0.3) is 5.91 Å². The fraction of sp³-hybridized carbons (Fsp3) is 0.0476. The summed E-state index contributed by atoms with van der Waals surface area (Å²) in [6.07, 6.45) is 8.12. The molecule has 8 heteroatoms. The summed E-state index contributed by atoms with van der Waals surface area (Å²) in [5.41, 5.74) is 1.08. The number of pyridine rings is 2. The highest BCUT2D eigenvalue weighted by molar-refractivity contribution is 5.93. The molecule has 3 heterocycles. The van der Waals surface area contributed by atoms with Gasteiger partial charge in [-0.3, -0.25) is 9.36 Å². The lowest BCUT2D eigenvalue weighted by atomic mass is 10.2. The third-order valence-corrected chi connectivity index (χ3v) is 4.08. The number of benzene rings is 1. The molecule has 0 unspecified atom stereocenters. The third kappa shape index (κ3) is 4.44. The molecule has 0 bridgehead atoms. The minimum atomic E-state index is -0.403. The van der Waals surface area contributed by atoms with E-state index >= 15 is 0 Å². The van der Waals surface area contributed by atoms with Gasteiger partial charge in [0.05, 0.1) is 5.56 Å². The Hall–Kier alpha value is -4.07. The van der Waals surface area contributed by atoms with E-state index < -0.39 is 5.82 Å². The number of halogens is 1. The Bertz CT molecular complexity index is 1110. The van der Waals surface area contributed by atoms with Gasteiger partial charge >= 0.3 is 0 Å². The number of amides is 1. The summed E-state index contributed by atoms with van der Waals surface area (Å²) >= 11 is 0. The molecule has 0 aliphatic rings. The van der Waals surface area contributed by atoms with E-state index in [9.17, 15) is 9.18 Å². The molecule has 3 aromatic heterocycles. The second kappa shape index (κ2) is 8.30. The molecule has 1 N–H and O–H groups in total. The van der Waals surface area contributed by atoms with Crippen molar-refractivity contribution in [1.29, 1.82) is 0 Å². The Balaban J connectivity index is 1.43. The third-order valence-electron chi connectivity index (χ3n) is 4.08. The van der Waals surface area contributed by atoms with Gasteiger partial charge in [0.2, 0.25) is 5.88 Å². The van der Waals surface area contributed by atoms with Crippen LogP contribution in [0, 0.1) is 5.82 Å². The van der Waals surface area contributed by atoms with E-state index in [1.165, 1.54) is 18.3 Å². The summed E-state index contributed by atoms with van der Waals surface area (Å²) in [7, 11) is 0. The van der Waals surface area contributed by atoms with Crippen LogP contribution in [0.5, 0.6) is 11.6 Å². The Morgan fingerprint density at radius 2 is 2.03 bits per heavy atom. The minimum absolute atomic E-state index is 0.195. The van der Waals surface area contributed by atoms with Crippen LogP contribution in [0.1, 0.15) is 15.9 Å². The molecular weight excluding hydrogens is 373 g/mol. The summed E-state index contributed by atoms with van der Waals surface area (Å²) < 4.78 is 20.8. The van der Waals surface area contributed by atoms with Crippen LogP contribution in [0.4, 0.5) is 4.39 Å². The normalized spacial score (nSPS) is 10.5. The largest absolute Gasteiger partial charge is 0.439 e. The van der Waals surface area contributed by atoms with Crippen molar-refractivity contribution >= 4 is 5.91 Å². The zero-order valence-corrected chi connectivity index (χ0v) is 15.2. The molecule has 0 saturated heterocycles. The van der Waals surface area contributed by atoms with E-state index in [2.05, 4.69) is 20.3 Å². The van der Waals surface area contributed by atoms with Gasteiger partial charge in [-0.1, -0.05) is 12.1 Å². The maximum absolute atomic E-state index is 13.4. The van der Waals surface area contributed by atoms with Gasteiger partial charge in [0, 0.05) is 43.0 Å². The van der Waals surface area contributed by atoms with Gasteiger partial charge < -0.3 is 10.1 Å². The number of nitrogens with one attached hydrogen (secondary N) is 1. The van der Waals surface area contributed by atoms with Crippen molar-refractivity contribution in [2.24, 2.45) is 0 Å². The maximum Gasteiger partial charge on any atom is 0.253 e. The molecule has 1 amide bonds. The average Bonchev–Trinajstić information content (AvgIpc) is 3.28. The van der Waals surface area contributed by atoms with E-state index in [4.69, 9.17) is 4.74 Å². The van der Waals surface area contributed by atoms with Crippen molar-refractivity contribution in [1.82, 2.24) is 24.8 Å². The maximum atomic E-state index is 13.4. The molecule has 7 nitrogen and oxygen atoms in total. The predicted octanol–water partition coefficient (Wildman–Crippen LogP) is 3.52. The molecule has 0 spiro atoms. The Kier molecular flexibility index (Phi) is 5.24. The van der Waals surface area contributed by atoms with Gasteiger partial charge in [0.1, 0.15) is 23.7 Å².